The third-order valence-electron chi connectivity index (χ3n) is 4.40. The topological polar surface area (TPSA) is 18.5 Å². The Bertz CT molecular complexity index is 451. The zero-order chi connectivity index (χ0) is 13.9. The first-order valence-corrected chi connectivity index (χ1v) is 7.76. The molecule has 20 heavy (non-hydrogen) atoms. The molecule has 1 aliphatic carbocycles. The van der Waals surface area contributed by atoms with Gasteiger partial charge in [-0.25, -0.2) is 4.39 Å². The molecule has 2 aliphatic rings. The summed E-state index contributed by atoms with van der Waals surface area (Å²) in [5.74, 6) is -0.0754. The van der Waals surface area contributed by atoms with E-state index < -0.39 is 0 Å². The molecule has 1 aromatic carbocycles. The lowest BCUT2D eigenvalue weighted by Crippen LogP contribution is -2.46. The first-order valence-electron chi connectivity index (χ1n) is 7.76. The highest BCUT2D eigenvalue weighted by Gasteiger charge is 2.23. The van der Waals surface area contributed by atoms with Crippen molar-refractivity contribution in [3.63, 3.8) is 0 Å². The molecule has 3 rings (SSSR count). The van der Waals surface area contributed by atoms with Crippen LogP contribution in [0.15, 0.2) is 18.2 Å². The smallest absolute Gasteiger partial charge is 0.129 e. The zero-order valence-corrected chi connectivity index (χ0v) is 12.2. The van der Waals surface area contributed by atoms with Crippen LogP contribution in [-0.2, 0) is 6.54 Å². The first-order chi connectivity index (χ1) is 9.78. The SMILES string of the molecule is CCN1CCN(c2cccc(F)c2CNC2CC2)CC1. The Hall–Kier alpha value is -1.13. The standard InChI is InChI=1S/C16H24FN3/c1-2-19-8-10-20(11-9-19)16-5-3-4-15(17)14(16)12-18-13-6-7-13/h3-5,13,18H,2,6-12H2,1H3. The van der Waals surface area contributed by atoms with Crippen LogP contribution in [0.3, 0.4) is 0 Å². The van der Waals surface area contributed by atoms with Crippen LogP contribution in [0.4, 0.5) is 10.1 Å². The first kappa shape index (κ1) is 13.8. The number of nitrogens with one attached hydrogen (secondary N) is 1. The highest BCUT2D eigenvalue weighted by atomic mass is 19.1. The number of piperazine rings is 1. The molecule has 0 bridgehead atoms. The summed E-state index contributed by atoms with van der Waals surface area (Å²) in [7, 11) is 0. The number of halogens is 1. The average Bonchev–Trinajstić information content (AvgIpc) is 3.30. The maximum absolute atomic E-state index is 14.1. The van der Waals surface area contributed by atoms with Crippen molar-refractivity contribution in [3.05, 3.63) is 29.6 Å². The Morgan fingerprint density at radius 2 is 1.95 bits per heavy atom. The molecule has 0 aromatic heterocycles. The van der Waals surface area contributed by atoms with Gasteiger partial charge in [0.15, 0.2) is 0 Å². The second-order valence-corrected chi connectivity index (χ2v) is 5.81. The van der Waals surface area contributed by atoms with Gasteiger partial charge in [0.25, 0.3) is 0 Å². The number of likely N-dealkylation sites (N-methyl/N-ethyl adjacent to an activating group) is 1. The molecule has 0 radical (unpaired) electrons. The molecule has 1 saturated carbocycles. The number of anilines is 1. The summed E-state index contributed by atoms with van der Waals surface area (Å²) in [4.78, 5) is 4.77. The van der Waals surface area contributed by atoms with Crippen LogP contribution in [0.5, 0.6) is 0 Å². The minimum atomic E-state index is -0.0754. The third kappa shape index (κ3) is 3.13. The highest BCUT2D eigenvalue weighted by molar-refractivity contribution is 5.54. The lowest BCUT2D eigenvalue weighted by atomic mass is 10.1. The summed E-state index contributed by atoms with van der Waals surface area (Å²) in [5.41, 5.74) is 1.92. The molecule has 0 amide bonds. The van der Waals surface area contributed by atoms with Gasteiger partial charge in [-0.05, 0) is 31.5 Å². The summed E-state index contributed by atoms with van der Waals surface area (Å²) in [6.45, 7) is 8.09. The molecule has 4 heteroatoms. The van der Waals surface area contributed by atoms with Gasteiger partial charge in [-0.2, -0.15) is 0 Å². The molecule has 1 N–H and O–H groups in total. The molecule has 1 aromatic rings. The van der Waals surface area contributed by atoms with E-state index in [1.807, 2.05) is 6.07 Å². The number of nitrogens with zero attached hydrogens (tertiary/aromatic N) is 2. The van der Waals surface area contributed by atoms with Gasteiger partial charge in [0.05, 0.1) is 0 Å². The number of hydrogen-bond acceptors (Lipinski definition) is 3. The van der Waals surface area contributed by atoms with Crippen molar-refractivity contribution in [2.45, 2.75) is 32.4 Å². The van der Waals surface area contributed by atoms with Gasteiger partial charge in [-0.15, -0.1) is 0 Å². The normalized spacial score (nSPS) is 20.4. The van der Waals surface area contributed by atoms with Gasteiger partial charge < -0.3 is 15.1 Å². The fourth-order valence-corrected chi connectivity index (χ4v) is 2.86. The summed E-state index contributed by atoms with van der Waals surface area (Å²) in [6, 6.07) is 6.08. The molecule has 1 saturated heterocycles. The lowest BCUT2D eigenvalue weighted by Gasteiger charge is -2.36. The van der Waals surface area contributed by atoms with E-state index in [0.29, 0.717) is 12.6 Å². The maximum Gasteiger partial charge on any atom is 0.129 e. The molecule has 3 nitrogen and oxygen atoms in total. The fraction of sp³-hybridized carbons (Fsp3) is 0.625. The van der Waals surface area contributed by atoms with E-state index in [9.17, 15) is 4.39 Å². The minimum Gasteiger partial charge on any atom is -0.369 e. The van der Waals surface area contributed by atoms with Crippen molar-refractivity contribution < 1.29 is 4.39 Å². The van der Waals surface area contributed by atoms with Gasteiger partial charge in [0.2, 0.25) is 0 Å². The van der Waals surface area contributed by atoms with Crippen LogP contribution in [0, 0.1) is 5.82 Å². The Morgan fingerprint density at radius 1 is 1.20 bits per heavy atom. The molecule has 2 fully saturated rings. The van der Waals surface area contributed by atoms with E-state index in [2.05, 4.69) is 28.1 Å². The number of benzene rings is 1. The third-order valence-corrected chi connectivity index (χ3v) is 4.40. The van der Waals surface area contributed by atoms with Gasteiger partial charge in [-0.3, -0.25) is 0 Å². The predicted molar refractivity (Wildman–Crippen MR) is 80.6 cm³/mol. The summed E-state index contributed by atoms with van der Waals surface area (Å²) in [5, 5.41) is 3.44. The Labute approximate surface area is 120 Å². The second kappa shape index (κ2) is 6.10. The average molecular weight is 277 g/mol. The summed E-state index contributed by atoms with van der Waals surface area (Å²) < 4.78 is 14.1. The van der Waals surface area contributed by atoms with Crippen LogP contribution >= 0.6 is 0 Å². The minimum absolute atomic E-state index is 0.0754. The van der Waals surface area contributed by atoms with E-state index in [0.717, 1.165) is 44.0 Å². The summed E-state index contributed by atoms with van der Waals surface area (Å²) >= 11 is 0. The van der Waals surface area contributed by atoms with Gasteiger partial charge >= 0.3 is 0 Å². The van der Waals surface area contributed by atoms with E-state index in [-0.39, 0.29) is 5.82 Å². The van der Waals surface area contributed by atoms with Gasteiger partial charge in [-0.1, -0.05) is 13.0 Å². The van der Waals surface area contributed by atoms with Crippen LogP contribution in [-0.4, -0.2) is 43.7 Å². The highest BCUT2D eigenvalue weighted by Crippen LogP contribution is 2.26. The molecule has 1 heterocycles. The maximum atomic E-state index is 14.1. The monoisotopic (exact) mass is 277 g/mol. The number of hydrogen-bond donors (Lipinski definition) is 1. The molecule has 0 unspecified atom stereocenters. The molecular weight excluding hydrogens is 253 g/mol. The van der Waals surface area contributed by atoms with Gasteiger partial charge in [0.1, 0.15) is 5.82 Å². The molecule has 1 aliphatic heterocycles. The summed E-state index contributed by atoms with van der Waals surface area (Å²) in [6.07, 6.45) is 2.47. The van der Waals surface area contributed by atoms with E-state index in [1.165, 1.54) is 12.8 Å². The fourth-order valence-electron chi connectivity index (χ4n) is 2.86. The molecule has 0 atom stereocenters. The van der Waals surface area contributed by atoms with Crippen LogP contribution < -0.4 is 10.2 Å². The molecule has 0 spiro atoms. The molecular formula is C16H24FN3. The Kier molecular flexibility index (Phi) is 4.22. The van der Waals surface area contributed by atoms with E-state index in [1.54, 1.807) is 6.07 Å². The zero-order valence-electron chi connectivity index (χ0n) is 12.2. The van der Waals surface area contributed by atoms with Crippen molar-refractivity contribution in [2.24, 2.45) is 0 Å². The van der Waals surface area contributed by atoms with Crippen LogP contribution in [0.1, 0.15) is 25.3 Å². The Balaban J connectivity index is 1.72. The van der Waals surface area contributed by atoms with Crippen molar-refractivity contribution in [1.29, 1.82) is 0 Å². The molecule has 110 valence electrons. The largest absolute Gasteiger partial charge is 0.369 e. The van der Waals surface area contributed by atoms with Crippen molar-refractivity contribution in [1.82, 2.24) is 10.2 Å². The quantitative estimate of drug-likeness (QED) is 0.890. The van der Waals surface area contributed by atoms with Crippen molar-refractivity contribution >= 4 is 5.69 Å². The van der Waals surface area contributed by atoms with Crippen molar-refractivity contribution in [2.75, 3.05) is 37.6 Å². The predicted octanol–water partition coefficient (Wildman–Crippen LogP) is 2.22. The van der Waals surface area contributed by atoms with Gasteiger partial charge in [0, 0.05) is 50.0 Å². The Morgan fingerprint density at radius 3 is 2.60 bits per heavy atom. The van der Waals surface area contributed by atoms with E-state index in [4.69, 9.17) is 0 Å². The van der Waals surface area contributed by atoms with Crippen molar-refractivity contribution in [3.8, 4) is 0 Å². The second-order valence-electron chi connectivity index (χ2n) is 5.81. The van der Waals surface area contributed by atoms with Crippen LogP contribution in [0.25, 0.3) is 0 Å². The lowest BCUT2D eigenvalue weighted by molar-refractivity contribution is 0.271. The van der Waals surface area contributed by atoms with E-state index >= 15 is 0 Å². The van der Waals surface area contributed by atoms with Crippen LogP contribution in [0.2, 0.25) is 0 Å². The number of rotatable bonds is 5.